The highest BCUT2D eigenvalue weighted by atomic mass is 35.5. The van der Waals surface area contributed by atoms with Crippen LogP contribution in [0.3, 0.4) is 0 Å². The maximum Gasteiger partial charge on any atom is 0.254 e. The molecule has 1 heterocycles. The maximum atomic E-state index is 13.1. The van der Waals surface area contributed by atoms with E-state index in [0.717, 1.165) is 5.56 Å². The molecule has 1 fully saturated rings. The Morgan fingerprint density at radius 3 is 2.34 bits per heavy atom. The van der Waals surface area contributed by atoms with Crippen LogP contribution in [0.4, 0.5) is 11.4 Å². The van der Waals surface area contributed by atoms with Crippen LogP contribution in [0, 0.1) is 6.92 Å². The number of likely N-dealkylation sites (N-methyl/N-ethyl adjacent to an activating group) is 1. The Balaban J connectivity index is 0.00000300. The first-order valence-electron chi connectivity index (χ1n) is 9.03. The van der Waals surface area contributed by atoms with Crippen molar-refractivity contribution in [3.8, 4) is 11.5 Å². The van der Waals surface area contributed by atoms with Crippen molar-refractivity contribution in [3.05, 3.63) is 47.5 Å². The Labute approximate surface area is 176 Å². The molecular weight excluding hydrogens is 394 g/mol. The van der Waals surface area contributed by atoms with Gasteiger partial charge in [-0.2, -0.15) is 0 Å². The lowest BCUT2D eigenvalue weighted by Crippen LogP contribution is -2.43. The molecule has 156 valence electrons. The Bertz CT molecular complexity index is 897. The summed E-state index contributed by atoms with van der Waals surface area (Å²) in [7, 11) is 4.78. The summed E-state index contributed by atoms with van der Waals surface area (Å²) in [4.78, 5) is 29.2. The molecule has 0 spiro atoms. The monoisotopic (exact) mass is 419 g/mol. The molecule has 3 rings (SSSR count). The Hall–Kier alpha value is -2.93. The van der Waals surface area contributed by atoms with Gasteiger partial charge in [-0.3, -0.25) is 9.59 Å². The maximum absolute atomic E-state index is 13.1. The molecule has 1 aliphatic rings. The first-order valence-corrected chi connectivity index (χ1v) is 9.03. The predicted molar refractivity (Wildman–Crippen MR) is 115 cm³/mol. The van der Waals surface area contributed by atoms with Gasteiger partial charge in [0.05, 0.1) is 19.9 Å². The number of hydrogen-bond acceptors (Lipinski definition) is 5. The normalized spacial score (nSPS) is 15.7. The van der Waals surface area contributed by atoms with E-state index in [1.807, 2.05) is 13.0 Å². The smallest absolute Gasteiger partial charge is 0.254 e. The molecule has 0 aliphatic carbocycles. The quantitative estimate of drug-likeness (QED) is 0.753. The largest absolute Gasteiger partial charge is 0.497 e. The number of aryl methyl sites for hydroxylation is 1. The number of halogens is 1. The van der Waals surface area contributed by atoms with Gasteiger partial charge in [-0.15, -0.1) is 12.4 Å². The minimum absolute atomic E-state index is 0. The first-order chi connectivity index (χ1) is 13.3. The van der Waals surface area contributed by atoms with Crippen molar-refractivity contribution in [1.82, 2.24) is 4.90 Å². The topological polar surface area (TPSA) is 85.1 Å². The van der Waals surface area contributed by atoms with Crippen LogP contribution in [0.5, 0.6) is 11.5 Å². The molecule has 2 N–H and O–H groups in total. The second-order valence-electron chi connectivity index (χ2n) is 6.86. The summed E-state index contributed by atoms with van der Waals surface area (Å²) in [5.74, 6) is 0.858. The van der Waals surface area contributed by atoms with Gasteiger partial charge in [-0.25, -0.2) is 0 Å². The van der Waals surface area contributed by atoms with Crippen LogP contribution in [0.25, 0.3) is 0 Å². The number of carbonyl (C=O) groups excluding carboxylic acids is 2. The number of benzene rings is 2. The van der Waals surface area contributed by atoms with Crippen molar-refractivity contribution in [3.63, 3.8) is 0 Å². The van der Waals surface area contributed by atoms with Crippen molar-refractivity contribution in [1.29, 1.82) is 0 Å². The number of methoxy groups -OCH3 is 2. The summed E-state index contributed by atoms with van der Waals surface area (Å²) in [6.07, 6.45) is 0.544. The van der Waals surface area contributed by atoms with E-state index < -0.39 is 6.04 Å². The number of nitrogens with two attached hydrogens (primary N) is 1. The third-order valence-electron chi connectivity index (χ3n) is 5.11. The number of hydrogen-bond donors (Lipinski definition) is 1. The Kier molecular flexibility index (Phi) is 6.97. The molecule has 0 radical (unpaired) electrons. The van der Waals surface area contributed by atoms with Gasteiger partial charge in [0.25, 0.3) is 5.91 Å². The van der Waals surface area contributed by atoms with Gasteiger partial charge < -0.3 is 25.0 Å². The van der Waals surface area contributed by atoms with Crippen LogP contribution in [-0.2, 0) is 4.79 Å². The van der Waals surface area contributed by atoms with E-state index in [2.05, 4.69) is 0 Å². The number of anilines is 2. The van der Waals surface area contributed by atoms with Crippen LogP contribution in [0.15, 0.2) is 36.4 Å². The van der Waals surface area contributed by atoms with Gasteiger partial charge >= 0.3 is 0 Å². The zero-order chi connectivity index (χ0) is 20.4. The standard InChI is InChI=1S/C21H25N3O4.ClH/c1-13-5-6-14(22)9-18(13)20(25)23(2)19-7-8-24(21(19)26)15-10-16(27-3)12-17(11-15)28-4;/h5-6,9-12,19H,7-8,22H2,1-4H3;1H. The van der Waals surface area contributed by atoms with Gasteiger partial charge in [0, 0.05) is 43.0 Å². The van der Waals surface area contributed by atoms with E-state index in [9.17, 15) is 9.59 Å². The molecule has 1 atom stereocenters. The number of amides is 2. The second-order valence-corrected chi connectivity index (χ2v) is 6.86. The zero-order valence-corrected chi connectivity index (χ0v) is 17.8. The molecule has 8 heteroatoms. The number of rotatable bonds is 5. The fraction of sp³-hybridized carbons (Fsp3) is 0.333. The predicted octanol–water partition coefficient (Wildman–Crippen LogP) is 2.89. The lowest BCUT2D eigenvalue weighted by atomic mass is 10.1. The van der Waals surface area contributed by atoms with Gasteiger partial charge in [0.2, 0.25) is 5.91 Å². The summed E-state index contributed by atoms with van der Waals surface area (Å²) in [5, 5.41) is 0. The van der Waals surface area contributed by atoms with E-state index in [4.69, 9.17) is 15.2 Å². The van der Waals surface area contributed by atoms with E-state index in [0.29, 0.717) is 41.4 Å². The van der Waals surface area contributed by atoms with Crippen LogP contribution < -0.4 is 20.1 Å². The summed E-state index contributed by atoms with van der Waals surface area (Å²) >= 11 is 0. The SMILES string of the molecule is COc1cc(OC)cc(N2CCC(N(C)C(=O)c3cc(N)ccc3C)C2=O)c1.Cl. The fourth-order valence-corrected chi connectivity index (χ4v) is 3.43. The van der Waals surface area contributed by atoms with E-state index >= 15 is 0 Å². The van der Waals surface area contributed by atoms with Gasteiger partial charge in [0.15, 0.2) is 0 Å². The molecule has 1 unspecified atom stereocenters. The molecule has 1 saturated heterocycles. The molecule has 0 aromatic heterocycles. The lowest BCUT2D eigenvalue weighted by Gasteiger charge is -2.25. The van der Waals surface area contributed by atoms with Crippen molar-refractivity contribution in [2.75, 3.05) is 38.4 Å². The van der Waals surface area contributed by atoms with Crippen molar-refractivity contribution in [2.45, 2.75) is 19.4 Å². The molecule has 2 aromatic rings. The summed E-state index contributed by atoms with van der Waals surface area (Å²) in [6.45, 7) is 2.36. The number of nitrogen functional groups attached to an aromatic ring is 1. The van der Waals surface area contributed by atoms with Crippen molar-refractivity contribution >= 4 is 35.6 Å². The van der Waals surface area contributed by atoms with Gasteiger partial charge in [-0.1, -0.05) is 6.07 Å². The Morgan fingerprint density at radius 2 is 1.76 bits per heavy atom. The highest BCUT2D eigenvalue weighted by Crippen LogP contribution is 2.32. The molecule has 0 saturated carbocycles. The van der Waals surface area contributed by atoms with E-state index in [1.165, 1.54) is 4.90 Å². The fourth-order valence-electron chi connectivity index (χ4n) is 3.43. The number of ether oxygens (including phenoxy) is 2. The molecule has 1 aliphatic heterocycles. The summed E-state index contributed by atoms with van der Waals surface area (Å²) < 4.78 is 10.6. The van der Waals surface area contributed by atoms with E-state index in [1.54, 1.807) is 56.5 Å². The van der Waals surface area contributed by atoms with Crippen LogP contribution in [0.1, 0.15) is 22.3 Å². The van der Waals surface area contributed by atoms with Gasteiger partial charge in [0.1, 0.15) is 17.5 Å². The van der Waals surface area contributed by atoms with Crippen LogP contribution >= 0.6 is 12.4 Å². The summed E-state index contributed by atoms with van der Waals surface area (Å²) in [6, 6.07) is 10.00. The summed E-state index contributed by atoms with van der Waals surface area (Å²) in [5.41, 5.74) is 8.37. The molecule has 0 bridgehead atoms. The van der Waals surface area contributed by atoms with E-state index in [-0.39, 0.29) is 24.2 Å². The average Bonchev–Trinajstić information content (AvgIpc) is 3.09. The molecule has 2 aromatic carbocycles. The highest BCUT2D eigenvalue weighted by molar-refractivity contribution is 6.04. The third kappa shape index (κ3) is 4.40. The zero-order valence-electron chi connectivity index (χ0n) is 17.0. The number of carbonyl (C=O) groups is 2. The molecule has 7 nitrogen and oxygen atoms in total. The second kappa shape index (κ2) is 9.05. The van der Waals surface area contributed by atoms with Crippen molar-refractivity contribution < 1.29 is 19.1 Å². The average molecular weight is 420 g/mol. The molecule has 29 heavy (non-hydrogen) atoms. The Morgan fingerprint density at radius 1 is 1.14 bits per heavy atom. The third-order valence-corrected chi connectivity index (χ3v) is 5.11. The minimum Gasteiger partial charge on any atom is -0.497 e. The highest BCUT2D eigenvalue weighted by Gasteiger charge is 2.38. The van der Waals surface area contributed by atoms with Crippen LogP contribution in [-0.4, -0.2) is 50.6 Å². The minimum atomic E-state index is -0.537. The molecule has 2 amide bonds. The van der Waals surface area contributed by atoms with Gasteiger partial charge in [-0.05, 0) is 31.0 Å². The first kappa shape index (κ1) is 22.4. The molecular formula is C21H26ClN3O4. The van der Waals surface area contributed by atoms with Crippen LogP contribution in [0.2, 0.25) is 0 Å². The number of nitrogens with zero attached hydrogens (tertiary/aromatic N) is 2. The lowest BCUT2D eigenvalue weighted by molar-refractivity contribution is -0.120. The van der Waals surface area contributed by atoms with Crippen molar-refractivity contribution in [2.24, 2.45) is 0 Å².